The lowest BCUT2D eigenvalue weighted by atomic mass is 10.1. The lowest BCUT2D eigenvalue weighted by Gasteiger charge is -2.19. The molecule has 1 aromatic heterocycles. The predicted octanol–water partition coefficient (Wildman–Crippen LogP) is 0.931. The van der Waals surface area contributed by atoms with E-state index in [-0.39, 0.29) is 5.91 Å². The summed E-state index contributed by atoms with van der Waals surface area (Å²) in [4.78, 5) is 13.4. The average molecular weight is 285 g/mol. The molecular weight excluding hydrogens is 266 g/mol. The van der Waals surface area contributed by atoms with Gasteiger partial charge in [-0.25, -0.2) is 0 Å². The molecule has 21 heavy (non-hydrogen) atoms. The zero-order valence-electron chi connectivity index (χ0n) is 12.2. The molecule has 0 unspecified atom stereocenters. The number of nitrogens with zero attached hydrogens (tertiary/aromatic N) is 3. The number of hydrogen-bond acceptors (Lipinski definition) is 5. The quantitative estimate of drug-likeness (QED) is 0.854. The number of hydrogen-bond donors (Lipinski definition) is 2. The molecule has 6 heteroatoms. The van der Waals surface area contributed by atoms with Crippen LogP contribution in [0, 0.1) is 0 Å². The van der Waals surface area contributed by atoms with Crippen LogP contribution in [-0.2, 0) is 13.1 Å². The third kappa shape index (κ3) is 3.55. The van der Waals surface area contributed by atoms with E-state index >= 15 is 0 Å². The molecule has 0 fully saturated rings. The van der Waals surface area contributed by atoms with Gasteiger partial charge in [-0.2, -0.15) is 0 Å². The second-order valence-corrected chi connectivity index (χ2v) is 4.68. The van der Waals surface area contributed by atoms with Crippen molar-refractivity contribution in [3.05, 3.63) is 53.2 Å². The zero-order valence-corrected chi connectivity index (χ0v) is 12.2. The Kier molecular flexibility index (Phi) is 4.84. The van der Waals surface area contributed by atoms with E-state index < -0.39 is 0 Å². The van der Waals surface area contributed by atoms with Crippen LogP contribution in [0.2, 0.25) is 0 Å². The minimum Gasteiger partial charge on any atom is -0.354 e. The van der Waals surface area contributed by atoms with Gasteiger partial charge in [0.2, 0.25) is 0 Å². The van der Waals surface area contributed by atoms with Gasteiger partial charge in [-0.05, 0) is 23.3 Å². The standard InChI is InChI=1S/C15H19N5O/c1-17-15(21)13-7-8-14(19-18-13)20(2)10-12-6-4-3-5-11(12)9-16/h3-8H,9-10,16H2,1-2H3,(H,17,21). The Hall–Kier alpha value is -2.47. The van der Waals surface area contributed by atoms with Gasteiger partial charge in [-0.15, -0.1) is 10.2 Å². The van der Waals surface area contributed by atoms with Crippen molar-refractivity contribution < 1.29 is 4.79 Å². The average Bonchev–Trinajstić information content (AvgIpc) is 2.54. The van der Waals surface area contributed by atoms with Crippen molar-refractivity contribution in [2.24, 2.45) is 5.73 Å². The number of carbonyl (C=O) groups excluding carboxylic acids is 1. The van der Waals surface area contributed by atoms with Gasteiger partial charge < -0.3 is 16.0 Å². The van der Waals surface area contributed by atoms with Crippen LogP contribution < -0.4 is 16.0 Å². The van der Waals surface area contributed by atoms with E-state index in [9.17, 15) is 4.79 Å². The highest BCUT2D eigenvalue weighted by Crippen LogP contribution is 2.15. The van der Waals surface area contributed by atoms with E-state index in [0.29, 0.717) is 24.6 Å². The third-order valence-electron chi connectivity index (χ3n) is 3.25. The molecule has 0 radical (unpaired) electrons. The molecule has 110 valence electrons. The van der Waals surface area contributed by atoms with E-state index in [2.05, 4.69) is 15.5 Å². The second kappa shape index (κ2) is 6.81. The van der Waals surface area contributed by atoms with Crippen molar-refractivity contribution in [3.8, 4) is 0 Å². The predicted molar refractivity (Wildman–Crippen MR) is 81.9 cm³/mol. The van der Waals surface area contributed by atoms with E-state index in [1.165, 1.54) is 0 Å². The fourth-order valence-corrected chi connectivity index (χ4v) is 2.03. The second-order valence-electron chi connectivity index (χ2n) is 4.68. The van der Waals surface area contributed by atoms with Gasteiger partial charge in [0, 0.05) is 27.2 Å². The topological polar surface area (TPSA) is 84.1 Å². The van der Waals surface area contributed by atoms with Gasteiger partial charge in [0.1, 0.15) is 0 Å². The van der Waals surface area contributed by atoms with Crippen molar-refractivity contribution in [1.29, 1.82) is 0 Å². The highest BCUT2D eigenvalue weighted by molar-refractivity contribution is 5.91. The first-order valence-electron chi connectivity index (χ1n) is 6.69. The summed E-state index contributed by atoms with van der Waals surface area (Å²) in [6.07, 6.45) is 0. The summed E-state index contributed by atoms with van der Waals surface area (Å²) >= 11 is 0. The molecule has 0 aliphatic rings. The molecule has 2 aromatic rings. The maximum Gasteiger partial charge on any atom is 0.271 e. The Morgan fingerprint density at radius 2 is 1.90 bits per heavy atom. The van der Waals surface area contributed by atoms with Crippen molar-refractivity contribution >= 4 is 11.7 Å². The first kappa shape index (κ1) is 14.9. The molecule has 0 aliphatic heterocycles. The summed E-state index contributed by atoms with van der Waals surface area (Å²) in [6.45, 7) is 1.19. The first-order chi connectivity index (χ1) is 10.2. The lowest BCUT2D eigenvalue weighted by molar-refractivity contribution is 0.0957. The number of nitrogens with one attached hydrogen (secondary N) is 1. The minimum atomic E-state index is -0.245. The van der Waals surface area contributed by atoms with E-state index in [4.69, 9.17) is 5.73 Å². The van der Waals surface area contributed by atoms with E-state index in [1.807, 2.05) is 36.2 Å². The molecule has 0 saturated heterocycles. The van der Waals surface area contributed by atoms with Crippen LogP contribution in [-0.4, -0.2) is 30.2 Å². The van der Waals surface area contributed by atoms with Gasteiger partial charge >= 0.3 is 0 Å². The summed E-state index contributed by atoms with van der Waals surface area (Å²) in [7, 11) is 3.49. The molecule has 3 N–H and O–H groups in total. The summed E-state index contributed by atoms with van der Waals surface area (Å²) in [5, 5.41) is 10.5. The van der Waals surface area contributed by atoms with Crippen LogP contribution in [0.15, 0.2) is 36.4 Å². The van der Waals surface area contributed by atoms with Crippen molar-refractivity contribution in [1.82, 2.24) is 15.5 Å². The zero-order chi connectivity index (χ0) is 15.2. The Labute approximate surface area is 124 Å². The van der Waals surface area contributed by atoms with Gasteiger partial charge in [-0.1, -0.05) is 24.3 Å². The normalized spacial score (nSPS) is 10.2. The summed E-state index contributed by atoms with van der Waals surface area (Å²) in [6, 6.07) is 11.5. The molecule has 1 heterocycles. The molecule has 1 aromatic carbocycles. The molecule has 0 aliphatic carbocycles. The fourth-order valence-electron chi connectivity index (χ4n) is 2.03. The molecule has 2 rings (SSSR count). The number of carbonyl (C=O) groups is 1. The lowest BCUT2D eigenvalue weighted by Crippen LogP contribution is -2.22. The number of benzene rings is 1. The Morgan fingerprint density at radius 1 is 1.19 bits per heavy atom. The Balaban J connectivity index is 2.13. The number of rotatable bonds is 5. The van der Waals surface area contributed by atoms with E-state index in [1.54, 1.807) is 19.2 Å². The van der Waals surface area contributed by atoms with Crippen LogP contribution in [0.4, 0.5) is 5.82 Å². The number of aromatic nitrogens is 2. The van der Waals surface area contributed by atoms with Crippen molar-refractivity contribution in [3.63, 3.8) is 0 Å². The van der Waals surface area contributed by atoms with Crippen LogP contribution in [0.5, 0.6) is 0 Å². The number of anilines is 1. The molecule has 0 atom stereocenters. The SMILES string of the molecule is CNC(=O)c1ccc(N(C)Cc2ccccc2CN)nn1. The number of amides is 1. The molecule has 1 amide bonds. The maximum atomic E-state index is 11.4. The van der Waals surface area contributed by atoms with E-state index in [0.717, 1.165) is 11.1 Å². The van der Waals surface area contributed by atoms with Gasteiger partial charge in [-0.3, -0.25) is 4.79 Å². The minimum absolute atomic E-state index is 0.245. The van der Waals surface area contributed by atoms with Gasteiger partial charge in [0.05, 0.1) is 0 Å². The third-order valence-corrected chi connectivity index (χ3v) is 3.25. The number of nitrogens with two attached hydrogens (primary N) is 1. The first-order valence-corrected chi connectivity index (χ1v) is 6.69. The highest BCUT2D eigenvalue weighted by Gasteiger charge is 2.09. The van der Waals surface area contributed by atoms with Crippen LogP contribution in [0.1, 0.15) is 21.6 Å². The highest BCUT2D eigenvalue weighted by atomic mass is 16.1. The van der Waals surface area contributed by atoms with Crippen LogP contribution in [0.25, 0.3) is 0 Å². The van der Waals surface area contributed by atoms with Gasteiger partial charge in [0.25, 0.3) is 5.91 Å². The Bertz CT molecular complexity index is 612. The summed E-state index contributed by atoms with van der Waals surface area (Å²) < 4.78 is 0. The van der Waals surface area contributed by atoms with Crippen molar-refractivity contribution in [2.75, 3.05) is 19.0 Å². The summed E-state index contributed by atoms with van der Waals surface area (Å²) in [5.41, 5.74) is 8.31. The van der Waals surface area contributed by atoms with Crippen LogP contribution >= 0.6 is 0 Å². The van der Waals surface area contributed by atoms with Crippen molar-refractivity contribution in [2.45, 2.75) is 13.1 Å². The monoisotopic (exact) mass is 285 g/mol. The van der Waals surface area contributed by atoms with Gasteiger partial charge in [0.15, 0.2) is 11.5 Å². The molecule has 0 bridgehead atoms. The molecule has 0 spiro atoms. The molecule has 6 nitrogen and oxygen atoms in total. The fraction of sp³-hybridized carbons (Fsp3) is 0.267. The molecular formula is C15H19N5O. The summed E-state index contributed by atoms with van der Waals surface area (Å²) in [5.74, 6) is 0.458. The largest absolute Gasteiger partial charge is 0.354 e. The maximum absolute atomic E-state index is 11.4. The van der Waals surface area contributed by atoms with Crippen LogP contribution in [0.3, 0.4) is 0 Å². The Morgan fingerprint density at radius 3 is 2.48 bits per heavy atom. The molecule has 0 saturated carbocycles. The smallest absolute Gasteiger partial charge is 0.271 e.